The Morgan fingerprint density at radius 1 is 1.14 bits per heavy atom. The number of fused-ring (bicyclic) bond motifs is 2. The maximum atomic E-state index is 13.4. The summed E-state index contributed by atoms with van der Waals surface area (Å²) in [5, 5.41) is 44.1. The summed E-state index contributed by atoms with van der Waals surface area (Å²) in [5.41, 5.74) is 0.114. The Kier molecular flexibility index (Phi) is 10.3. The van der Waals surface area contributed by atoms with Crippen molar-refractivity contribution in [3.05, 3.63) is 11.6 Å². The van der Waals surface area contributed by atoms with Crippen molar-refractivity contribution in [2.75, 3.05) is 13.2 Å². The molecule has 0 unspecified atom stereocenters. The van der Waals surface area contributed by atoms with E-state index in [1.165, 1.54) is 5.57 Å². The topological polar surface area (TPSA) is 134 Å². The summed E-state index contributed by atoms with van der Waals surface area (Å²) in [6.07, 6.45) is 5.81. The number of carbonyl (C=O) groups excluding carboxylic acids is 2. The molecule has 2 saturated carbocycles. The Morgan fingerprint density at radius 2 is 1.81 bits per heavy atom. The molecular formula is C35H58O8. The first-order chi connectivity index (χ1) is 20.0. The van der Waals surface area contributed by atoms with Crippen molar-refractivity contribution in [3.8, 4) is 0 Å². The van der Waals surface area contributed by atoms with Crippen LogP contribution in [0.5, 0.6) is 0 Å². The summed E-state index contributed by atoms with van der Waals surface area (Å²) in [6, 6.07) is 0. The number of aliphatic hydroxyl groups is 4. The molecule has 0 aromatic carbocycles. The molecule has 1 saturated heterocycles. The van der Waals surface area contributed by atoms with Crippen molar-refractivity contribution >= 4 is 11.8 Å². The van der Waals surface area contributed by atoms with Crippen LogP contribution in [0.15, 0.2) is 11.6 Å². The number of carbonyl (C=O) groups is 2. The molecule has 0 spiro atoms. The van der Waals surface area contributed by atoms with E-state index in [-0.39, 0.29) is 71.8 Å². The highest BCUT2D eigenvalue weighted by Crippen LogP contribution is 2.59. The van der Waals surface area contributed by atoms with Gasteiger partial charge in [0.2, 0.25) is 0 Å². The molecule has 0 aromatic rings. The standard InChI is InChI=1S/C35H58O8/c1-9-28(37)22(5)31-19(2)14-21(4)35(41,43-31)23(6)32(39)42-18-20(3)25-10-12-33(7)16-26-24(17-36)15-29(38)30(26)34(8,40)13-11-27(25)33/h11,19-26,29-31,36,38,40-41H,9-10,12-18H2,1-8H3/t19-,20-,21-,22-,23-,24+,25-,26-,29-,30+,31+,33-,34+,35-/m1/s1. The van der Waals surface area contributed by atoms with Gasteiger partial charge >= 0.3 is 5.97 Å². The Hall–Kier alpha value is -1.32. The lowest BCUT2D eigenvalue weighted by Gasteiger charge is -2.48. The number of aliphatic hydroxyl groups excluding tert-OH is 2. The summed E-state index contributed by atoms with van der Waals surface area (Å²) in [4.78, 5) is 25.9. The number of ketones is 1. The van der Waals surface area contributed by atoms with Crippen molar-refractivity contribution in [1.29, 1.82) is 0 Å². The molecule has 0 bridgehead atoms. The third-order valence-corrected chi connectivity index (χ3v) is 12.3. The smallest absolute Gasteiger partial charge is 0.314 e. The largest absolute Gasteiger partial charge is 0.465 e. The lowest BCUT2D eigenvalue weighted by atomic mass is 9.64. The summed E-state index contributed by atoms with van der Waals surface area (Å²) in [6.45, 7) is 15.6. The van der Waals surface area contributed by atoms with Crippen LogP contribution in [0.4, 0.5) is 0 Å². The lowest BCUT2D eigenvalue weighted by molar-refractivity contribution is -0.318. The molecule has 4 rings (SSSR count). The first-order valence-corrected chi connectivity index (χ1v) is 16.8. The Morgan fingerprint density at radius 3 is 2.44 bits per heavy atom. The highest BCUT2D eigenvalue weighted by molar-refractivity contribution is 5.81. The average molecular weight is 607 g/mol. The van der Waals surface area contributed by atoms with Crippen LogP contribution in [-0.2, 0) is 19.1 Å². The van der Waals surface area contributed by atoms with Crippen LogP contribution in [-0.4, -0.2) is 69.0 Å². The van der Waals surface area contributed by atoms with Crippen LogP contribution in [0.3, 0.4) is 0 Å². The lowest BCUT2D eigenvalue weighted by Crippen LogP contribution is -2.57. The maximum Gasteiger partial charge on any atom is 0.314 e. The molecule has 14 atom stereocenters. The van der Waals surface area contributed by atoms with Crippen LogP contribution >= 0.6 is 0 Å². The normalized spacial score (nSPS) is 45.2. The van der Waals surface area contributed by atoms with Gasteiger partial charge in [-0.3, -0.25) is 9.59 Å². The number of ether oxygens (including phenoxy) is 2. The Labute approximate surface area is 258 Å². The van der Waals surface area contributed by atoms with E-state index in [1.807, 2.05) is 34.6 Å². The summed E-state index contributed by atoms with van der Waals surface area (Å²) in [7, 11) is 0. The molecule has 246 valence electrons. The summed E-state index contributed by atoms with van der Waals surface area (Å²) < 4.78 is 12.1. The van der Waals surface area contributed by atoms with Gasteiger partial charge < -0.3 is 29.9 Å². The van der Waals surface area contributed by atoms with Crippen LogP contribution in [0.1, 0.15) is 100 Å². The zero-order valence-corrected chi connectivity index (χ0v) is 27.7. The Balaban J connectivity index is 1.45. The van der Waals surface area contributed by atoms with Gasteiger partial charge in [0.25, 0.3) is 0 Å². The third kappa shape index (κ3) is 6.38. The number of hydrogen-bond acceptors (Lipinski definition) is 8. The fourth-order valence-electron chi connectivity index (χ4n) is 9.56. The van der Waals surface area contributed by atoms with E-state index in [2.05, 4.69) is 19.9 Å². The second kappa shape index (κ2) is 12.8. The van der Waals surface area contributed by atoms with E-state index in [9.17, 15) is 30.0 Å². The van der Waals surface area contributed by atoms with Gasteiger partial charge in [-0.15, -0.1) is 0 Å². The molecule has 43 heavy (non-hydrogen) atoms. The highest BCUT2D eigenvalue weighted by Gasteiger charge is 2.56. The van der Waals surface area contributed by atoms with Gasteiger partial charge in [-0.05, 0) is 87.4 Å². The molecule has 3 fully saturated rings. The van der Waals surface area contributed by atoms with Crippen molar-refractivity contribution in [2.45, 2.75) is 124 Å². The van der Waals surface area contributed by atoms with Crippen LogP contribution in [0.25, 0.3) is 0 Å². The predicted molar refractivity (Wildman–Crippen MR) is 163 cm³/mol. The van der Waals surface area contributed by atoms with E-state index in [0.29, 0.717) is 25.7 Å². The molecule has 8 nitrogen and oxygen atoms in total. The van der Waals surface area contributed by atoms with E-state index in [0.717, 1.165) is 19.3 Å². The number of hydrogen-bond donors (Lipinski definition) is 4. The quantitative estimate of drug-likeness (QED) is 0.220. The first-order valence-electron chi connectivity index (χ1n) is 16.8. The highest BCUT2D eigenvalue weighted by atomic mass is 16.6. The fraction of sp³-hybridized carbons (Fsp3) is 0.886. The van der Waals surface area contributed by atoms with Crippen molar-refractivity contribution in [2.24, 2.45) is 58.7 Å². The van der Waals surface area contributed by atoms with Gasteiger partial charge in [0.1, 0.15) is 11.7 Å². The summed E-state index contributed by atoms with van der Waals surface area (Å²) in [5.74, 6) is -3.69. The van der Waals surface area contributed by atoms with Gasteiger partial charge in [0.15, 0.2) is 5.79 Å². The second-order valence-electron chi connectivity index (χ2n) is 15.5. The predicted octanol–water partition coefficient (Wildman–Crippen LogP) is 4.66. The molecule has 0 aromatic heterocycles. The van der Waals surface area contributed by atoms with Crippen molar-refractivity contribution in [1.82, 2.24) is 0 Å². The summed E-state index contributed by atoms with van der Waals surface area (Å²) >= 11 is 0. The first kappa shape index (κ1) is 34.6. The monoisotopic (exact) mass is 606 g/mol. The number of esters is 1. The van der Waals surface area contributed by atoms with Gasteiger partial charge in [0, 0.05) is 30.8 Å². The zero-order chi connectivity index (χ0) is 32.1. The number of Topliss-reactive ketones (excluding diaryl/α,β-unsaturated/α-hetero) is 1. The molecule has 4 aliphatic rings. The second-order valence-corrected chi connectivity index (χ2v) is 15.5. The minimum Gasteiger partial charge on any atom is -0.465 e. The van der Waals surface area contributed by atoms with Crippen molar-refractivity contribution < 1.29 is 39.5 Å². The van der Waals surface area contributed by atoms with Gasteiger partial charge in [-0.2, -0.15) is 0 Å². The molecule has 1 heterocycles. The van der Waals surface area contributed by atoms with E-state index >= 15 is 0 Å². The van der Waals surface area contributed by atoms with Crippen LogP contribution in [0.2, 0.25) is 0 Å². The number of rotatable bonds is 9. The zero-order valence-electron chi connectivity index (χ0n) is 27.7. The van der Waals surface area contributed by atoms with Crippen LogP contribution in [0, 0.1) is 58.7 Å². The maximum absolute atomic E-state index is 13.4. The van der Waals surface area contributed by atoms with Crippen molar-refractivity contribution in [3.63, 3.8) is 0 Å². The molecular weight excluding hydrogens is 548 g/mol. The molecule has 8 heteroatoms. The minimum atomic E-state index is -1.72. The van der Waals surface area contributed by atoms with Gasteiger partial charge in [-0.1, -0.05) is 53.2 Å². The SMILES string of the molecule is CCC(=O)[C@@H](C)[C@H]1O[C@@](O)([C@H](C)C(=O)OC[C@@H](C)[C@H]2CC[C@]3(C)C[C@@H]4[C@H](CO)C[C@@H](O)[C@H]4[C@@](C)(O)CC=C23)[C@H](C)C[C@H]1C. The average Bonchev–Trinajstić information content (AvgIpc) is 3.45. The van der Waals surface area contributed by atoms with E-state index in [1.54, 1.807) is 6.92 Å². The van der Waals surface area contributed by atoms with Gasteiger partial charge in [0.05, 0.1) is 24.4 Å². The number of allylic oxidation sites excluding steroid dienone is 1. The molecule has 3 aliphatic carbocycles. The fourth-order valence-corrected chi connectivity index (χ4v) is 9.56. The minimum absolute atomic E-state index is 0.0135. The Bertz CT molecular complexity index is 1050. The third-order valence-electron chi connectivity index (χ3n) is 12.3. The van der Waals surface area contributed by atoms with E-state index < -0.39 is 35.5 Å². The molecule has 0 amide bonds. The molecule has 4 N–H and O–H groups in total. The van der Waals surface area contributed by atoms with Gasteiger partial charge in [-0.25, -0.2) is 0 Å². The molecule has 1 aliphatic heterocycles. The molecule has 0 radical (unpaired) electrons. The van der Waals surface area contributed by atoms with Crippen LogP contribution < -0.4 is 0 Å². The van der Waals surface area contributed by atoms with E-state index in [4.69, 9.17) is 9.47 Å².